The second kappa shape index (κ2) is 12.2. The molecule has 2 amide bonds. The standard InChI is InChI=1S/C25H28N2O7/c1-4-30-20-14-18(15-21(31-5-2)23(20)32-6-3)24(28)26-27-25(29)22-17(12-13-33-22)16-34-19-10-8-7-9-11-19/h7-15H,4-6,16H2,1-3H3,(H,26,28)(H,27,29). The first-order valence-corrected chi connectivity index (χ1v) is 11.0. The van der Waals surface area contributed by atoms with Gasteiger partial charge >= 0.3 is 5.91 Å². The van der Waals surface area contributed by atoms with E-state index in [-0.39, 0.29) is 17.9 Å². The van der Waals surface area contributed by atoms with Gasteiger partial charge in [-0.3, -0.25) is 20.4 Å². The zero-order valence-electron chi connectivity index (χ0n) is 19.4. The summed E-state index contributed by atoms with van der Waals surface area (Å²) < 4.78 is 27.9. The number of furan rings is 1. The third kappa shape index (κ3) is 6.22. The molecule has 0 fully saturated rings. The fraction of sp³-hybridized carbons (Fsp3) is 0.280. The summed E-state index contributed by atoms with van der Waals surface area (Å²) in [6.45, 7) is 6.78. The summed E-state index contributed by atoms with van der Waals surface area (Å²) >= 11 is 0. The normalized spacial score (nSPS) is 10.3. The predicted octanol–water partition coefficient (Wildman–Crippen LogP) is 4.13. The number of hydrogen-bond acceptors (Lipinski definition) is 7. The average Bonchev–Trinajstić information content (AvgIpc) is 3.32. The van der Waals surface area contributed by atoms with Crippen molar-refractivity contribution in [2.45, 2.75) is 27.4 Å². The zero-order chi connectivity index (χ0) is 24.3. The lowest BCUT2D eigenvalue weighted by molar-refractivity contribution is 0.0828. The van der Waals surface area contributed by atoms with Gasteiger partial charge in [0.1, 0.15) is 12.4 Å². The molecule has 0 radical (unpaired) electrons. The number of benzene rings is 2. The van der Waals surface area contributed by atoms with E-state index in [1.165, 1.54) is 18.4 Å². The summed E-state index contributed by atoms with van der Waals surface area (Å²) in [4.78, 5) is 25.4. The van der Waals surface area contributed by atoms with Crippen LogP contribution in [0.1, 0.15) is 47.2 Å². The van der Waals surface area contributed by atoms with Crippen molar-refractivity contribution in [3.8, 4) is 23.0 Å². The molecule has 0 aliphatic heterocycles. The van der Waals surface area contributed by atoms with Crippen molar-refractivity contribution < 1.29 is 33.0 Å². The molecule has 0 saturated carbocycles. The summed E-state index contributed by atoms with van der Waals surface area (Å²) in [6.07, 6.45) is 1.38. The second-order valence-electron chi connectivity index (χ2n) is 6.89. The molecule has 9 nitrogen and oxygen atoms in total. The van der Waals surface area contributed by atoms with Crippen molar-refractivity contribution in [3.63, 3.8) is 0 Å². The fourth-order valence-electron chi connectivity index (χ4n) is 3.09. The SMILES string of the molecule is CCOc1cc(C(=O)NNC(=O)c2occc2COc2ccccc2)cc(OCC)c1OCC. The minimum atomic E-state index is -0.619. The van der Waals surface area contributed by atoms with Crippen LogP contribution >= 0.6 is 0 Å². The van der Waals surface area contributed by atoms with E-state index in [4.69, 9.17) is 23.4 Å². The third-order valence-electron chi connectivity index (χ3n) is 4.55. The van der Waals surface area contributed by atoms with E-state index in [2.05, 4.69) is 10.9 Å². The molecule has 180 valence electrons. The molecule has 9 heteroatoms. The summed E-state index contributed by atoms with van der Waals surface area (Å²) in [7, 11) is 0. The van der Waals surface area contributed by atoms with Gasteiger partial charge in [-0.25, -0.2) is 0 Å². The molecule has 3 aromatic rings. The Labute approximate surface area is 197 Å². The molecule has 2 aromatic carbocycles. The van der Waals surface area contributed by atoms with Crippen LogP contribution in [-0.4, -0.2) is 31.6 Å². The first-order chi connectivity index (χ1) is 16.6. The Bertz CT molecular complexity index is 1070. The molecule has 34 heavy (non-hydrogen) atoms. The highest BCUT2D eigenvalue weighted by Gasteiger charge is 2.20. The van der Waals surface area contributed by atoms with E-state index >= 15 is 0 Å². The number of rotatable bonds is 11. The summed E-state index contributed by atoms with van der Waals surface area (Å²) in [5.74, 6) is 0.682. The van der Waals surface area contributed by atoms with Crippen LogP contribution in [0, 0.1) is 0 Å². The van der Waals surface area contributed by atoms with Crippen LogP contribution in [0.2, 0.25) is 0 Å². The molecule has 2 N–H and O–H groups in total. The quantitative estimate of drug-likeness (QED) is 0.407. The minimum absolute atomic E-state index is 0.0351. The van der Waals surface area contributed by atoms with Gasteiger partial charge in [0.2, 0.25) is 5.75 Å². The lowest BCUT2D eigenvalue weighted by atomic mass is 10.1. The third-order valence-corrected chi connectivity index (χ3v) is 4.55. The van der Waals surface area contributed by atoms with E-state index in [1.54, 1.807) is 6.07 Å². The Hall–Kier alpha value is -4.14. The number of nitrogens with one attached hydrogen (secondary N) is 2. The molecule has 3 rings (SSSR count). The number of amides is 2. The molecule has 0 aliphatic rings. The Morgan fingerprint density at radius 3 is 2.03 bits per heavy atom. The van der Waals surface area contributed by atoms with E-state index in [9.17, 15) is 9.59 Å². The molecule has 0 saturated heterocycles. The number of carbonyl (C=O) groups is 2. The van der Waals surface area contributed by atoms with Gasteiger partial charge < -0.3 is 23.4 Å². The molecule has 1 aromatic heterocycles. The van der Waals surface area contributed by atoms with Crippen molar-refractivity contribution in [3.05, 3.63) is 71.7 Å². The van der Waals surface area contributed by atoms with E-state index in [1.807, 2.05) is 51.1 Å². The maximum atomic E-state index is 12.8. The van der Waals surface area contributed by atoms with Crippen molar-refractivity contribution in [1.29, 1.82) is 0 Å². The number of para-hydroxylation sites is 1. The number of hydrazine groups is 1. The van der Waals surface area contributed by atoms with Crippen LogP contribution in [0.3, 0.4) is 0 Å². The van der Waals surface area contributed by atoms with Gasteiger partial charge in [0.15, 0.2) is 17.3 Å². The monoisotopic (exact) mass is 468 g/mol. The smallest absolute Gasteiger partial charge is 0.305 e. The van der Waals surface area contributed by atoms with Crippen molar-refractivity contribution in [2.24, 2.45) is 0 Å². The summed E-state index contributed by atoms with van der Waals surface area (Å²) in [5.41, 5.74) is 5.51. The lowest BCUT2D eigenvalue weighted by Gasteiger charge is -2.17. The van der Waals surface area contributed by atoms with Crippen LogP contribution in [0.25, 0.3) is 0 Å². The minimum Gasteiger partial charge on any atom is -0.490 e. The molecule has 0 aliphatic carbocycles. The zero-order valence-corrected chi connectivity index (χ0v) is 19.4. The van der Waals surface area contributed by atoms with Gasteiger partial charge in [-0.05, 0) is 51.1 Å². The van der Waals surface area contributed by atoms with Gasteiger partial charge in [-0.2, -0.15) is 0 Å². The first kappa shape index (κ1) is 24.5. The number of carbonyl (C=O) groups excluding carboxylic acids is 2. The van der Waals surface area contributed by atoms with Crippen LogP contribution in [-0.2, 0) is 6.61 Å². The molecule has 0 bridgehead atoms. The highest BCUT2D eigenvalue weighted by Crippen LogP contribution is 2.39. The topological polar surface area (TPSA) is 108 Å². The average molecular weight is 469 g/mol. The number of ether oxygens (including phenoxy) is 4. The molecular weight excluding hydrogens is 440 g/mol. The van der Waals surface area contributed by atoms with Crippen LogP contribution in [0.4, 0.5) is 0 Å². The molecule has 0 atom stereocenters. The van der Waals surface area contributed by atoms with Crippen molar-refractivity contribution >= 4 is 11.8 Å². The predicted molar refractivity (Wildman–Crippen MR) is 124 cm³/mol. The van der Waals surface area contributed by atoms with Crippen LogP contribution in [0.15, 0.2) is 59.2 Å². The number of hydrogen-bond donors (Lipinski definition) is 2. The Kier molecular flexibility index (Phi) is 8.79. The lowest BCUT2D eigenvalue weighted by Crippen LogP contribution is -2.41. The maximum absolute atomic E-state index is 12.8. The van der Waals surface area contributed by atoms with Crippen molar-refractivity contribution in [2.75, 3.05) is 19.8 Å². The summed E-state index contributed by atoms with van der Waals surface area (Å²) in [5, 5.41) is 0. The van der Waals surface area contributed by atoms with E-state index in [0.717, 1.165) is 0 Å². The van der Waals surface area contributed by atoms with Crippen LogP contribution in [0.5, 0.6) is 23.0 Å². The largest absolute Gasteiger partial charge is 0.490 e. The first-order valence-electron chi connectivity index (χ1n) is 11.0. The van der Waals surface area contributed by atoms with E-state index < -0.39 is 11.8 Å². The Morgan fingerprint density at radius 2 is 1.41 bits per heavy atom. The Morgan fingerprint density at radius 1 is 0.794 bits per heavy atom. The van der Waals surface area contributed by atoms with Gasteiger partial charge in [-0.1, -0.05) is 18.2 Å². The van der Waals surface area contributed by atoms with Crippen molar-refractivity contribution in [1.82, 2.24) is 10.9 Å². The van der Waals surface area contributed by atoms with Gasteiger partial charge in [0.05, 0.1) is 26.1 Å². The summed E-state index contributed by atoms with van der Waals surface area (Å²) in [6, 6.07) is 13.9. The van der Waals surface area contributed by atoms with E-state index in [0.29, 0.717) is 48.4 Å². The molecule has 1 heterocycles. The maximum Gasteiger partial charge on any atom is 0.305 e. The molecular formula is C25H28N2O7. The molecule has 0 spiro atoms. The fourth-order valence-corrected chi connectivity index (χ4v) is 3.09. The molecule has 0 unspecified atom stereocenters. The van der Waals surface area contributed by atoms with Crippen LogP contribution < -0.4 is 29.8 Å². The highest BCUT2D eigenvalue weighted by molar-refractivity contribution is 5.99. The second-order valence-corrected chi connectivity index (χ2v) is 6.89. The van der Waals surface area contributed by atoms with Gasteiger partial charge in [0, 0.05) is 11.1 Å². The van der Waals surface area contributed by atoms with Gasteiger partial charge in [0.25, 0.3) is 5.91 Å². The highest BCUT2D eigenvalue weighted by atomic mass is 16.5. The van der Waals surface area contributed by atoms with Gasteiger partial charge in [-0.15, -0.1) is 0 Å². The Balaban J connectivity index is 1.68.